The highest BCUT2D eigenvalue weighted by Gasteiger charge is 2.30. The first-order chi connectivity index (χ1) is 13.0. The van der Waals surface area contributed by atoms with E-state index in [4.69, 9.17) is 9.90 Å². The molecule has 2 N–H and O–H groups in total. The van der Waals surface area contributed by atoms with Gasteiger partial charge in [-0.2, -0.15) is 0 Å². The number of carbonyl (C=O) groups excluding carboxylic acids is 1. The van der Waals surface area contributed by atoms with E-state index in [2.05, 4.69) is 15.2 Å². The Labute approximate surface area is 161 Å². The van der Waals surface area contributed by atoms with E-state index in [1.54, 1.807) is 17.1 Å². The molecule has 3 rings (SSSR count). The van der Waals surface area contributed by atoms with Gasteiger partial charge in [0, 0.05) is 39.6 Å². The van der Waals surface area contributed by atoms with E-state index in [0.717, 1.165) is 18.0 Å². The summed E-state index contributed by atoms with van der Waals surface area (Å²) in [6, 6.07) is 0. The van der Waals surface area contributed by atoms with Crippen molar-refractivity contribution in [3.8, 4) is 0 Å². The number of aryl methyl sites for hydroxylation is 2. The molecular weight excluding hydrogens is 372 g/mol. The third-order valence-electron chi connectivity index (χ3n) is 4.46. The van der Waals surface area contributed by atoms with Gasteiger partial charge in [-0.1, -0.05) is 11.8 Å². The zero-order chi connectivity index (χ0) is 19.8. The smallest absolute Gasteiger partial charge is 0.290 e. The van der Waals surface area contributed by atoms with E-state index in [1.807, 2.05) is 29.8 Å². The molecule has 1 aliphatic rings. The summed E-state index contributed by atoms with van der Waals surface area (Å²) < 4.78 is 3.65. The molecule has 11 heteroatoms. The number of thioether (sulfide) groups is 1. The molecule has 1 unspecified atom stereocenters. The Morgan fingerprint density at radius 2 is 2.04 bits per heavy atom. The Morgan fingerprint density at radius 3 is 2.56 bits per heavy atom. The van der Waals surface area contributed by atoms with Crippen LogP contribution in [0.5, 0.6) is 0 Å². The molecule has 2 aromatic heterocycles. The molecule has 27 heavy (non-hydrogen) atoms. The van der Waals surface area contributed by atoms with Gasteiger partial charge in [-0.3, -0.25) is 9.59 Å². The molecule has 1 fully saturated rings. The van der Waals surface area contributed by atoms with Crippen molar-refractivity contribution in [3.63, 3.8) is 0 Å². The number of aliphatic hydroxyl groups is 1. The van der Waals surface area contributed by atoms with Crippen molar-refractivity contribution in [2.45, 2.75) is 24.1 Å². The Balaban J connectivity index is 0.000000817. The van der Waals surface area contributed by atoms with Gasteiger partial charge in [-0.05, 0) is 18.8 Å². The second kappa shape index (κ2) is 10.1. The molecule has 2 aromatic rings. The number of piperidine rings is 1. The molecule has 10 nitrogen and oxygen atoms in total. The number of aliphatic hydroxyl groups excluding tert-OH is 1. The van der Waals surface area contributed by atoms with Crippen LogP contribution in [0, 0.1) is 5.92 Å². The number of hydrogen-bond donors (Lipinski definition) is 2. The summed E-state index contributed by atoms with van der Waals surface area (Å²) in [6.45, 7) is 1.09. The standard InChI is InChI=1S/C15H22N6O2S.CH2O2/c1-19-8-5-16-14(19)13(23)11-3-6-21(7-4-11)12(22)9-24-15-18-17-10-20(15)2;2-1-3/h5,8,10-11,13,23H,3-4,6-7,9H2,1-2H3;1H,(H,2,3). The third kappa shape index (κ3) is 5.54. The van der Waals surface area contributed by atoms with Crippen LogP contribution >= 0.6 is 11.8 Å². The number of carbonyl (C=O) groups is 2. The number of aromatic nitrogens is 5. The normalized spacial score (nSPS) is 15.7. The number of imidazole rings is 1. The second-order valence-electron chi connectivity index (χ2n) is 6.18. The number of nitrogens with zero attached hydrogens (tertiary/aromatic N) is 6. The fourth-order valence-electron chi connectivity index (χ4n) is 2.96. The highest BCUT2D eigenvalue weighted by atomic mass is 32.2. The van der Waals surface area contributed by atoms with Gasteiger partial charge in [0.1, 0.15) is 18.3 Å². The molecule has 1 amide bonds. The minimum atomic E-state index is -0.574. The van der Waals surface area contributed by atoms with Crippen LogP contribution in [0.2, 0.25) is 0 Å². The lowest BCUT2D eigenvalue weighted by Crippen LogP contribution is -2.40. The molecule has 148 valence electrons. The van der Waals surface area contributed by atoms with E-state index in [9.17, 15) is 9.90 Å². The largest absolute Gasteiger partial charge is 0.483 e. The zero-order valence-electron chi connectivity index (χ0n) is 15.3. The summed E-state index contributed by atoms with van der Waals surface area (Å²) in [5, 5.41) is 25.9. The SMILES string of the molecule is Cn1cnnc1SCC(=O)N1CCC(C(O)c2nccn2C)CC1.O=CO. The first kappa shape index (κ1) is 20.9. The number of likely N-dealkylation sites (tertiary alicyclic amines) is 1. The summed E-state index contributed by atoms with van der Waals surface area (Å²) in [4.78, 5) is 26.8. The molecule has 0 radical (unpaired) electrons. The van der Waals surface area contributed by atoms with Crippen molar-refractivity contribution < 1.29 is 19.8 Å². The van der Waals surface area contributed by atoms with Crippen molar-refractivity contribution in [3.05, 3.63) is 24.5 Å². The Hall–Kier alpha value is -2.40. The van der Waals surface area contributed by atoms with Gasteiger partial charge in [-0.15, -0.1) is 10.2 Å². The summed E-state index contributed by atoms with van der Waals surface area (Å²) in [5.41, 5.74) is 0. The summed E-state index contributed by atoms with van der Waals surface area (Å²) in [6.07, 6.45) is 6.15. The van der Waals surface area contributed by atoms with Crippen LogP contribution in [0.15, 0.2) is 23.9 Å². The molecule has 0 aromatic carbocycles. The van der Waals surface area contributed by atoms with Gasteiger partial charge in [0.2, 0.25) is 5.91 Å². The van der Waals surface area contributed by atoms with Gasteiger partial charge in [-0.25, -0.2) is 4.98 Å². The van der Waals surface area contributed by atoms with Crippen molar-refractivity contribution in [2.75, 3.05) is 18.8 Å². The fraction of sp³-hybridized carbons (Fsp3) is 0.562. The number of carboxylic acid groups (broad SMARTS) is 1. The highest BCUT2D eigenvalue weighted by molar-refractivity contribution is 7.99. The maximum Gasteiger partial charge on any atom is 0.290 e. The topological polar surface area (TPSA) is 126 Å². The van der Waals surface area contributed by atoms with Crippen LogP contribution in [0.3, 0.4) is 0 Å². The molecule has 1 atom stereocenters. The molecule has 3 heterocycles. The lowest BCUT2D eigenvalue weighted by molar-refractivity contribution is -0.130. The monoisotopic (exact) mass is 396 g/mol. The lowest BCUT2D eigenvalue weighted by Gasteiger charge is -2.34. The predicted octanol–water partition coefficient (Wildman–Crippen LogP) is 0.314. The highest BCUT2D eigenvalue weighted by Crippen LogP contribution is 2.30. The average molecular weight is 396 g/mol. The summed E-state index contributed by atoms with van der Waals surface area (Å²) >= 11 is 1.40. The van der Waals surface area contributed by atoms with Crippen LogP contribution in [0.1, 0.15) is 24.8 Å². The van der Waals surface area contributed by atoms with Crippen molar-refractivity contribution in [1.82, 2.24) is 29.2 Å². The van der Waals surface area contributed by atoms with E-state index < -0.39 is 6.10 Å². The second-order valence-corrected chi connectivity index (χ2v) is 7.12. The van der Waals surface area contributed by atoms with E-state index in [0.29, 0.717) is 24.7 Å². The molecule has 1 saturated heterocycles. The van der Waals surface area contributed by atoms with E-state index in [1.165, 1.54) is 11.8 Å². The molecule has 0 bridgehead atoms. The maximum atomic E-state index is 12.3. The van der Waals surface area contributed by atoms with Crippen LogP contribution in [0.4, 0.5) is 0 Å². The molecule has 1 aliphatic heterocycles. The van der Waals surface area contributed by atoms with Crippen LogP contribution in [-0.4, -0.2) is 70.7 Å². The molecule has 0 aliphatic carbocycles. The lowest BCUT2D eigenvalue weighted by atomic mass is 9.90. The van der Waals surface area contributed by atoms with Gasteiger partial charge in [0.05, 0.1) is 5.75 Å². The first-order valence-electron chi connectivity index (χ1n) is 8.45. The third-order valence-corrected chi connectivity index (χ3v) is 5.48. The van der Waals surface area contributed by atoms with Crippen molar-refractivity contribution in [1.29, 1.82) is 0 Å². The molecule has 0 saturated carbocycles. The summed E-state index contributed by atoms with van der Waals surface area (Å²) in [5.74, 6) is 1.30. The molecule has 0 spiro atoms. The first-order valence-corrected chi connectivity index (χ1v) is 9.44. The minimum absolute atomic E-state index is 0.105. The number of rotatable bonds is 5. The number of amides is 1. The Morgan fingerprint density at radius 1 is 1.37 bits per heavy atom. The van der Waals surface area contributed by atoms with Crippen molar-refractivity contribution >= 4 is 24.1 Å². The van der Waals surface area contributed by atoms with Gasteiger partial charge < -0.3 is 24.2 Å². The van der Waals surface area contributed by atoms with Crippen molar-refractivity contribution in [2.24, 2.45) is 20.0 Å². The minimum Gasteiger partial charge on any atom is -0.483 e. The van der Waals surface area contributed by atoms with Crippen LogP contribution in [0.25, 0.3) is 0 Å². The fourth-order valence-corrected chi connectivity index (χ4v) is 3.75. The average Bonchev–Trinajstić information content (AvgIpc) is 3.28. The zero-order valence-corrected chi connectivity index (χ0v) is 16.1. The van der Waals surface area contributed by atoms with E-state index >= 15 is 0 Å². The van der Waals surface area contributed by atoms with Gasteiger partial charge in [0.15, 0.2) is 5.16 Å². The molecular formula is C16H24N6O4S. The predicted molar refractivity (Wildman–Crippen MR) is 97.9 cm³/mol. The Bertz CT molecular complexity index is 741. The Kier molecular flexibility index (Phi) is 7.80. The van der Waals surface area contributed by atoms with E-state index in [-0.39, 0.29) is 18.3 Å². The quantitative estimate of drug-likeness (QED) is 0.546. The van der Waals surface area contributed by atoms with Crippen LogP contribution in [-0.2, 0) is 23.7 Å². The summed E-state index contributed by atoms with van der Waals surface area (Å²) in [7, 11) is 3.74. The maximum absolute atomic E-state index is 12.3. The number of hydrogen-bond acceptors (Lipinski definition) is 7. The van der Waals surface area contributed by atoms with Gasteiger partial charge in [0.25, 0.3) is 6.47 Å². The van der Waals surface area contributed by atoms with Crippen LogP contribution < -0.4 is 0 Å². The van der Waals surface area contributed by atoms with Gasteiger partial charge >= 0.3 is 0 Å².